The Labute approximate surface area is 85.5 Å². The standard InChI is InChI=1S/C9H11NO5/c11-6-3-4-1-2-5(6)7(8(12)13)10(4)9(14)15/h4-5,7H,1-3H2,(H,12,13)(H,14,15)/t4-,5+,7-/m0/s1. The molecule has 3 rings (SSSR count). The van der Waals surface area contributed by atoms with Gasteiger partial charge in [0.05, 0.1) is 0 Å². The number of fused-ring (bicyclic) bond motifs is 3. The van der Waals surface area contributed by atoms with Crippen LogP contribution in [0.15, 0.2) is 0 Å². The molecule has 1 amide bonds. The largest absolute Gasteiger partial charge is 0.480 e. The van der Waals surface area contributed by atoms with Crippen LogP contribution in [0.2, 0.25) is 0 Å². The lowest BCUT2D eigenvalue weighted by Crippen LogP contribution is -2.63. The first kappa shape index (κ1) is 9.95. The van der Waals surface area contributed by atoms with Crippen LogP contribution in [-0.4, -0.2) is 45.0 Å². The third-order valence-electron chi connectivity index (χ3n) is 3.21. The molecule has 2 N–H and O–H groups in total. The number of hydrogen-bond acceptors (Lipinski definition) is 3. The number of ketones is 1. The molecule has 15 heavy (non-hydrogen) atoms. The van der Waals surface area contributed by atoms with E-state index in [1.807, 2.05) is 0 Å². The summed E-state index contributed by atoms with van der Waals surface area (Å²) in [6.45, 7) is 0. The monoisotopic (exact) mass is 213 g/mol. The number of hydrogen-bond donors (Lipinski definition) is 2. The molecular weight excluding hydrogens is 202 g/mol. The molecule has 0 aromatic heterocycles. The van der Waals surface area contributed by atoms with E-state index in [0.717, 1.165) is 4.90 Å². The summed E-state index contributed by atoms with van der Waals surface area (Å²) in [5, 5.41) is 17.9. The molecule has 0 unspecified atom stereocenters. The number of carbonyl (C=O) groups excluding carboxylic acids is 1. The molecule has 2 bridgehead atoms. The Morgan fingerprint density at radius 3 is 2.40 bits per heavy atom. The predicted octanol–water partition coefficient (Wildman–Crippen LogP) is 0.171. The highest BCUT2D eigenvalue weighted by molar-refractivity contribution is 5.93. The zero-order valence-electron chi connectivity index (χ0n) is 7.92. The van der Waals surface area contributed by atoms with E-state index in [9.17, 15) is 14.4 Å². The van der Waals surface area contributed by atoms with E-state index in [0.29, 0.717) is 12.8 Å². The fourth-order valence-corrected chi connectivity index (χ4v) is 2.58. The highest BCUT2D eigenvalue weighted by atomic mass is 16.4. The van der Waals surface area contributed by atoms with E-state index in [2.05, 4.69) is 0 Å². The highest BCUT2D eigenvalue weighted by Crippen LogP contribution is 2.37. The third-order valence-corrected chi connectivity index (χ3v) is 3.21. The van der Waals surface area contributed by atoms with Crippen LogP contribution in [-0.2, 0) is 9.59 Å². The van der Waals surface area contributed by atoms with Crippen LogP contribution in [0.25, 0.3) is 0 Å². The van der Waals surface area contributed by atoms with Gasteiger partial charge in [0.25, 0.3) is 0 Å². The number of amides is 1. The number of Topliss-reactive ketones (excluding diaryl/α,β-unsaturated/α-hetero) is 1. The molecule has 0 spiro atoms. The molecule has 1 saturated carbocycles. The van der Waals surface area contributed by atoms with Crippen LogP contribution in [0.4, 0.5) is 4.79 Å². The van der Waals surface area contributed by atoms with Gasteiger partial charge in [0.1, 0.15) is 11.8 Å². The van der Waals surface area contributed by atoms with Crippen molar-refractivity contribution in [3.63, 3.8) is 0 Å². The minimum atomic E-state index is -1.25. The summed E-state index contributed by atoms with van der Waals surface area (Å²) >= 11 is 0. The van der Waals surface area contributed by atoms with Crippen LogP contribution in [0.5, 0.6) is 0 Å². The van der Waals surface area contributed by atoms with Crippen molar-refractivity contribution < 1.29 is 24.6 Å². The zero-order chi connectivity index (χ0) is 11.2. The number of rotatable bonds is 1. The Morgan fingerprint density at radius 2 is 1.93 bits per heavy atom. The molecule has 2 aliphatic heterocycles. The van der Waals surface area contributed by atoms with Crippen LogP contribution < -0.4 is 0 Å². The van der Waals surface area contributed by atoms with Gasteiger partial charge in [-0.25, -0.2) is 9.59 Å². The van der Waals surface area contributed by atoms with Crippen molar-refractivity contribution >= 4 is 17.8 Å². The van der Waals surface area contributed by atoms with E-state index in [1.165, 1.54) is 0 Å². The second-order valence-corrected chi connectivity index (χ2v) is 3.98. The second-order valence-electron chi connectivity index (χ2n) is 3.98. The SMILES string of the molecule is O=C1C[C@@H]2CC[C@H]1[C@@H](C(=O)O)N2C(=O)O. The Kier molecular flexibility index (Phi) is 2.13. The van der Waals surface area contributed by atoms with Gasteiger partial charge in [-0.15, -0.1) is 0 Å². The van der Waals surface area contributed by atoms with E-state index in [4.69, 9.17) is 10.2 Å². The summed E-state index contributed by atoms with van der Waals surface area (Å²) in [7, 11) is 0. The fourth-order valence-electron chi connectivity index (χ4n) is 2.58. The fraction of sp³-hybridized carbons (Fsp3) is 0.667. The maximum absolute atomic E-state index is 11.5. The molecule has 6 heteroatoms. The number of aliphatic carboxylic acids is 1. The van der Waals surface area contributed by atoms with Gasteiger partial charge in [0.15, 0.2) is 0 Å². The lowest BCUT2D eigenvalue weighted by atomic mass is 9.74. The van der Waals surface area contributed by atoms with Gasteiger partial charge in [-0.1, -0.05) is 0 Å². The first-order chi connectivity index (χ1) is 7.02. The van der Waals surface area contributed by atoms with Crippen molar-refractivity contribution in [1.82, 2.24) is 4.90 Å². The van der Waals surface area contributed by atoms with Crippen molar-refractivity contribution in [2.45, 2.75) is 31.3 Å². The molecular formula is C9H11NO5. The topological polar surface area (TPSA) is 94.9 Å². The number of nitrogens with zero attached hydrogens (tertiary/aromatic N) is 1. The number of carbonyl (C=O) groups is 3. The van der Waals surface area contributed by atoms with Crippen LogP contribution in [0.3, 0.4) is 0 Å². The molecule has 3 aliphatic rings. The van der Waals surface area contributed by atoms with Gasteiger partial charge in [0, 0.05) is 18.4 Å². The summed E-state index contributed by atoms with van der Waals surface area (Å²) < 4.78 is 0. The molecule has 0 radical (unpaired) electrons. The number of carboxylic acids is 1. The molecule has 6 nitrogen and oxygen atoms in total. The first-order valence-corrected chi connectivity index (χ1v) is 4.79. The van der Waals surface area contributed by atoms with E-state index < -0.39 is 30.1 Å². The summed E-state index contributed by atoms with van der Waals surface area (Å²) in [5.74, 6) is -1.99. The Hall–Kier alpha value is -1.59. The van der Waals surface area contributed by atoms with Crippen molar-refractivity contribution in [2.75, 3.05) is 0 Å². The molecule has 2 saturated heterocycles. The Bertz CT molecular complexity index is 339. The average molecular weight is 213 g/mol. The van der Waals surface area contributed by atoms with Crippen molar-refractivity contribution in [3.8, 4) is 0 Å². The summed E-state index contributed by atoms with van der Waals surface area (Å²) in [5.41, 5.74) is 0. The summed E-state index contributed by atoms with van der Waals surface area (Å²) in [4.78, 5) is 34.2. The molecule has 0 aromatic carbocycles. The minimum Gasteiger partial charge on any atom is -0.480 e. The second kappa shape index (κ2) is 3.22. The molecule has 3 atom stereocenters. The third kappa shape index (κ3) is 1.36. The maximum atomic E-state index is 11.5. The normalized spacial score (nSPS) is 34.3. The molecule has 2 heterocycles. The molecule has 3 fully saturated rings. The van der Waals surface area contributed by atoms with E-state index >= 15 is 0 Å². The van der Waals surface area contributed by atoms with Gasteiger partial charge < -0.3 is 10.2 Å². The number of piperidine rings is 2. The lowest BCUT2D eigenvalue weighted by Gasteiger charge is -2.46. The number of carboxylic acid groups (broad SMARTS) is 2. The lowest BCUT2D eigenvalue weighted by molar-refractivity contribution is -0.156. The van der Waals surface area contributed by atoms with Gasteiger partial charge in [-0.3, -0.25) is 9.69 Å². The minimum absolute atomic E-state index is 0.115. The Balaban J connectivity index is 2.35. The van der Waals surface area contributed by atoms with Crippen molar-refractivity contribution in [3.05, 3.63) is 0 Å². The van der Waals surface area contributed by atoms with Crippen LogP contribution in [0, 0.1) is 5.92 Å². The quantitative estimate of drug-likeness (QED) is 0.647. The summed E-state index contributed by atoms with van der Waals surface area (Å²) in [6, 6.07) is -1.62. The average Bonchev–Trinajstić information content (AvgIpc) is 2.16. The summed E-state index contributed by atoms with van der Waals surface area (Å²) in [6.07, 6.45) is 0.00176. The van der Waals surface area contributed by atoms with E-state index in [1.54, 1.807) is 0 Å². The van der Waals surface area contributed by atoms with Crippen molar-refractivity contribution in [2.24, 2.45) is 5.92 Å². The van der Waals surface area contributed by atoms with Gasteiger partial charge in [-0.05, 0) is 12.8 Å². The molecule has 0 aromatic rings. The molecule has 82 valence electrons. The molecule has 1 aliphatic carbocycles. The smallest absolute Gasteiger partial charge is 0.408 e. The van der Waals surface area contributed by atoms with Crippen LogP contribution in [0.1, 0.15) is 19.3 Å². The van der Waals surface area contributed by atoms with Crippen LogP contribution >= 0.6 is 0 Å². The highest BCUT2D eigenvalue weighted by Gasteiger charge is 2.52. The van der Waals surface area contributed by atoms with Gasteiger partial charge >= 0.3 is 12.1 Å². The predicted molar refractivity (Wildman–Crippen MR) is 47.4 cm³/mol. The van der Waals surface area contributed by atoms with Gasteiger partial charge in [0.2, 0.25) is 0 Å². The van der Waals surface area contributed by atoms with E-state index in [-0.39, 0.29) is 12.2 Å². The first-order valence-electron chi connectivity index (χ1n) is 4.79. The van der Waals surface area contributed by atoms with Crippen molar-refractivity contribution in [1.29, 1.82) is 0 Å². The maximum Gasteiger partial charge on any atom is 0.408 e. The zero-order valence-corrected chi connectivity index (χ0v) is 7.92. The Morgan fingerprint density at radius 1 is 1.27 bits per heavy atom. The van der Waals surface area contributed by atoms with Gasteiger partial charge in [-0.2, -0.15) is 0 Å².